The molecule has 0 amide bonds. The number of rotatable bonds is 5. The van der Waals surface area contributed by atoms with Crippen molar-refractivity contribution in [3.63, 3.8) is 0 Å². The first kappa shape index (κ1) is 16.0. The van der Waals surface area contributed by atoms with Gasteiger partial charge in [-0.05, 0) is 12.1 Å². The fraction of sp³-hybridized carbons (Fsp3) is 0.222. The summed E-state index contributed by atoms with van der Waals surface area (Å²) < 4.78 is 45.2. The van der Waals surface area contributed by atoms with Gasteiger partial charge in [-0.15, -0.1) is 0 Å². The van der Waals surface area contributed by atoms with Gasteiger partial charge in [-0.2, -0.15) is 5.26 Å². The molecule has 1 aromatic rings. The highest BCUT2D eigenvalue weighted by atomic mass is 32.2. The van der Waals surface area contributed by atoms with Gasteiger partial charge >= 0.3 is 0 Å². The number of sulfone groups is 1. The standard InChI is InChI=1S/C9H9N3O6S2/c10-6-7-5-8(1-2-9(7)12(13)14)19(15,16)3-4-20(11,17)18/h1-2,5H,3-4H2,(H2,11,17,18). The molecule has 9 nitrogen and oxygen atoms in total. The largest absolute Gasteiger partial charge is 0.287 e. The smallest absolute Gasteiger partial charge is 0.258 e. The average molecular weight is 319 g/mol. The summed E-state index contributed by atoms with van der Waals surface area (Å²) in [6, 6.07) is 4.16. The highest BCUT2D eigenvalue weighted by Gasteiger charge is 2.22. The van der Waals surface area contributed by atoms with E-state index in [1.165, 1.54) is 6.07 Å². The number of nitrogens with zero attached hydrogens (tertiary/aromatic N) is 2. The fourth-order valence-corrected chi connectivity index (χ4v) is 3.92. The van der Waals surface area contributed by atoms with E-state index in [4.69, 9.17) is 10.4 Å². The van der Waals surface area contributed by atoms with Gasteiger partial charge < -0.3 is 0 Å². The van der Waals surface area contributed by atoms with Crippen molar-refractivity contribution in [1.29, 1.82) is 5.26 Å². The van der Waals surface area contributed by atoms with Crippen LogP contribution in [0.15, 0.2) is 23.1 Å². The summed E-state index contributed by atoms with van der Waals surface area (Å²) in [6.45, 7) is 0. The number of hydrogen-bond acceptors (Lipinski definition) is 7. The van der Waals surface area contributed by atoms with E-state index in [2.05, 4.69) is 0 Å². The van der Waals surface area contributed by atoms with Gasteiger partial charge in [0.15, 0.2) is 9.84 Å². The van der Waals surface area contributed by atoms with Crippen LogP contribution in [-0.2, 0) is 19.9 Å². The Balaban J connectivity index is 3.21. The SMILES string of the molecule is N#Cc1cc(S(=O)(=O)CCS(N)(=O)=O)ccc1[N+](=O)[O-]. The lowest BCUT2D eigenvalue weighted by Gasteiger charge is -2.04. The van der Waals surface area contributed by atoms with Crippen molar-refractivity contribution < 1.29 is 21.8 Å². The predicted molar refractivity (Wildman–Crippen MR) is 67.8 cm³/mol. The molecule has 0 heterocycles. The number of hydrogen-bond donors (Lipinski definition) is 1. The van der Waals surface area contributed by atoms with Gasteiger partial charge in [-0.1, -0.05) is 0 Å². The molecule has 0 aliphatic carbocycles. The normalized spacial score (nSPS) is 11.8. The summed E-state index contributed by atoms with van der Waals surface area (Å²) in [5.41, 5.74) is -0.954. The molecule has 0 bridgehead atoms. The van der Waals surface area contributed by atoms with Crippen LogP contribution in [0.4, 0.5) is 5.69 Å². The van der Waals surface area contributed by atoms with E-state index in [0.29, 0.717) is 0 Å². The number of sulfonamides is 1. The molecule has 2 N–H and O–H groups in total. The Morgan fingerprint density at radius 2 is 1.85 bits per heavy atom. The second-order valence-electron chi connectivity index (χ2n) is 3.73. The van der Waals surface area contributed by atoms with Crippen LogP contribution >= 0.6 is 0 Å². The lowest BCUT2D eigenvalue weighted by atomic mass is 10.2. The van der Waals surface area contributed by atoms with Gasteiger partial charge in [0.1, 0.15) is 11.6 Å². The summed E-state index contributed by atoms with van der Waals surface area (Å²) >= 11 is 0. The van der Waals surface area contributed by atoms with Crippen molar-refractivity contribution in [3.8, 4) is 6.07 Å². The van der Waals surface area contributed by atoms with E-state index >= 15 is 0 Å². The first-order valence-corrected chi connectivity index (χ1v) is 8.35. The third-order valence-electron chi connectivity index (χ3n) is 2.28. The second-order valence-corrected chi connectivity index (χ2v) is 7.58. The molecule has 0 saturated carbocycles. The Hall–Kier alpha value is -2.03. The average Bonchev–Trinajstić information content (AvgIpc) is 2.34. The minimum Gasteiger partial charge on any atom is -0.258 e. The molecule has 0 unspecified atom stereocenters. The molecule has 0 atom stereocenters. The number of benzene rings is 1. The van der Waals surface area contributed by atoms with Crippen LogP contribution in [0.3, 0.4) is 0 Å². The Morgan fingerprint density at radius 1 is 1.25 bits per heavy atom. The third kappa shape index (κ3) is 3.98. The highest BCUT2D eigenvalue weighted by molar-refractivity contribution is 7.94. The van der Waals surface area contributed by atoms with E-state index in [1.807, 2.05) is 0 Å². The first-order valence-electron chi connectivity index (χ1n) is 4.98. The Bertz CT molecular complexity index is 791. The molecule has 108 valence electrons. The zero-order valence-electron chi connectivity index (χ0n) is 9.88. The quantitative estimate of drug-likeness (QED) is 0.566. The molecule has 0 fully saturated rings. The Labute approximate surface area is 114 Å². The molecule has 0 spiro atoms. The van der Waals surface area contributed by atoms with Crippen LogP contribution in [0.1, 0.15) is 5.56 Å². The zero-order valence-corrected chi connectivity index (χ0v) is 11.5. The van der Waals surface area contributed by atoms with Crippen LogP contribution < -0.4 is 5.14 Å². The van der Waals surface area contributed by atoms with Crippen molar-refractivity contribution in [2.45, 2.75) is 4.90 Å². The van der Waals surface area contributed by atoms with E-state index in [-0.39, 0.29) is 4.90 Å². The molecule has 0 aliphatic heterocycles. The zero-order chi connectivity index (χ0) is 15.6. The number of nitro groups is 1. The van der Waals surface area contributed by atoms with Gasteiger partial charge in [0, 0.05) is 6.07 Å². The predicted octanol–water partition coefficient (Wildman–Crippen LogP) is -0.471. The van der Waals surface area contributed by atoms with E-state index in [0.717, 1.165) is 18.2 Å². The third-order valence-corrected chi connectivity index (χ3v) is 5.03. The van der Waals surface area contributed by atoms with Crippen LogP contribution in [0.2, 0.25) is 0 Å². The number of primary sulfonamides is 1. The van der Waals surface area contributed by atoms with Crippen LogP contribution in [0.5, 0.6) is 0 Å². The van der Waals surface area contributed by atoms with Crippen molar-refractivity contribution >= 4 is 25.5 Å². The highest BCUT2D eigenvalue weighted by Crippen LogP contribution is 2.22. The van der Waals surface area contributed by atoms with Crippen LogP contribution in [0.25, 0.3) is 0 Å². The maximum absolute atomic E-state index is 11.8. The minimum atomic E-state index is -4.00. The van der Waals surface area contributed by atoms with Crippen molar-refractivity contribution in [2.75, 3.05) is 11.5 Å². The van der Waals surface area contributed by atoms with E-state index in [9.17, 15) is 26.9 Å². The Morgan fingerprint density at radius 3 is 2.30 bits per heavy atom. The maximum atomic E-state index is 11.8. The topological polar surface area (TPSA) is 161 Å². The lowest BCUT2D eigenvalue weighted by molar-refractivity contribution is -0.385. The van der Waals surface area contributed by atoms with Gasteiger partial charge in [0.25, 0.3) is 5.69 Å². The molecular formula is C9H9N3O6S2. The molecule has 0 saturated heterocycles. The Kier molecular flexibility index (Phi) is 4.43. The van der Waals surface area contributed by atoms with E-state index < -0.39 is 47.5 Å². The van der Waals surface area contributed by atoms with Gasteiger partial charge in [-0.25, -0.2) is 22.0 Å². The molecular weight excluding hydrogens is 310 g/mol. The van der Waals surface area contributed by atoms with E-state index in [1.54, 1.807) is 0 Å². The summed E-state index contributed by atoms with van der Waals surface area (Å²) in [4.78, 5) is 9.42. The molecule has 11 heteroatoms. The van der Waals surface area contributed by atoms with Gasteiger partial charge in [-0.3, -0.25) is 10.1 Å². The first-order chi connectivity index (χ1) is 9.07. The molecule has 0 radical (unpaired) electrons. The van der Waals surface area contributed by atoms with Crippen molar-refractivity contribution in [1.82, 2.24) is 0 Å². The van der Waals surface area contributed by atoms with Crippen molar-refractivity contribution in [3.05, 3.63) is 33.9 Å². The number of nitriles is 1. The molecule has 0 aromatic heterocycles. The van der Waals surface area contributed by atoms with Crippen molar-refractivity contribution in [2.24, 2.45) is 5.14 Å². The molecule has 1 aromatic carbocycles. The molecule has 0 aliphatic rings. The number of nitrogens with two attached hydrogens (primary N) is 1. The molecule has 1 rings (SSSR count). The minimum absolute atomic E-state index is 0.372. The monoisotopic (exact) mass is 319 g/mol. The summed E-state index contributed by atoms with van der Waals surface area (Å²) in [7, 11) is -7.96. The molecule has 20 heavy (non-hydrogen) atoms. The lowest BCUT2D eigenvalue weighted by Crippen LogP contribution is -2.23. The summed E-state index contributed by atoms with van der Waals surface area (Å²) in [5, 5.41) is 24.1. The number of nitro benzene ring substituents is 1. The summed E-state index contributed by atoms with van der Waals surface area (Å²) in [6.07, 6.45) is 0. The van der Waals surface area contributed by atoms with Gasteiger partial charge in [0.05, 0.1) is 21.3 Å². The van der Waals surface area contributed by atoms with Gasteiger partial charge in [0.2, 0.25) is 10.0 Å². The second kappa shape index (κ2) is 5.53. The summed E-state index contributed by atoms with van der Waals surface area (Å²) in [5.74, 6) is -1.55. The fourth-order valence-electron chi connectivity index (χ4n) is 1.30. The maximum Gasteiger partial charge on any atom is 0.287 e. The van der Waals surface area contributed by atoms with Crippen LogP contribution in [0, 0.1) is 21.4 Å². The van der Waals surface area contributed by atoms with Crippen LogP contribution in [-0.4, -0.2) is 33.3 Å².